The molecule has 92 valence electrons. The maximum Gasteiger partial charge on any atom is 0.234 e. The summed E-state index contributed by atoms with van der Waals surface area (Å²) in [4.78, 5) is 13.7. The second-order valence-electron chi connectivity index (χ2n) is 5.02. The first-order valence-electron chi connectivity index (χ1n) is 6.52. The number of hydrogen-bond acceptors (Lipinski definition) is 3. The van der Waals surface area contributed by atoms with Crippen LogP contribution in [0.15, 0.2) is 0 Å². The van der Waals surface area contributed by atoms with E-state index in [1.807, 2.05) is 0 Å². The van der Waals surface area contributed by atoms with Gasteiger partial charge in [-0.2, -0.15) is 0 Å². The summed E-state index contributed by atoms with van der Waals surface area (Å²) in [7, 11) is 0. The number of nitrogens with one attached hydrogen (secondary N) is 1. The minimum absolute atomic E-state index is 0.153. The van der Waals surface area contributed by atoms with E-state index in [0.717, 1.165) is 13.1 Å². The molecule has 1 heterocycles. The zero-order chi connectivity index (χ0) is 11.4. The molecule has 1 aliphatic carbocycles. The molecule has 0 radical (unpaired) electrons. The van der Waals surface area contributed by atoms with E-state index >= 15 is 0 Å². The largest absolute Gasteiger partial charge is 0.354 e. The molecule has 2 fully saturated rings. The fraction of sp³-hybridized carbons (Fsp3) is 0.917. The third kappa shape index (κ3) is 2.74. The van der Waals surface area contributed by atoms with Gasteiger partial charge in [0.25, 0.3) is 0 Å². The molecule has 1 aliphatic heterocycles. The van der Waals surface area contributed by atoms with Crippen molar-refractivity contribution in [2.75, 3.05) is 26.2 Å². The fourth-order valence-corrected chi connectivity index (χ4v) is 3.10. The van der Waals surface area contributed by atoms with Gasteiger partial charge in [0.2, 0.25) is 5.91 Å². The van der Waals surface area contributed by atoms with Crippen molar-refractivity contribution in [3.05, 3.63) is 0 Å². The normalized spacial score (nSPS) is 26.4. The molecular formula is C12H23N3O. The molecule has 0 bridgehead atoms. The lowest BCUT2D eigenvalue weighted by molar-refractivity contribution is -0.125. The Hall–Kier alpha value is -0.610. The molecule has 16 heavy (non-hydrogen) atoms. The lowest BCUT2D eigenvalue weighted by Gasteiger charge is -2.39. The molecule has 0 spiro atoms. The Morgan fingerprint density at radius 2 is 2.12 bits per heavy atom. The summed E-state index contributed by atoms with van der Waals surface area (Å²) in [6, 6.07) is 0.423. The Kier molecular flexibility index (Phi) is 4.18. The van der Waals surface area contributed by atoms with Gasteiger partial charge in [0, 0.05) is 25.7 Å². The highest BCUT2D eigenvalue weighted by Crippen LogP contribution is 2.28. The average molecular weight is 225 g/mol. The van der Waals surface area contributed by atoms with Crippen LogP contribution >= 0.6 is 0 Å². The predicted molar refractivity (Wildman–Crippen MR) is 64.0 cm³/mol. The summed E-state index contributed by atoms with van der Waals surface area (Å²) < 4.78 is 0. The number of hydrogen-bond donors (Lipinski definition) is 2. The number of rotatable bonds is 3. The van der Waals surface area contributed by atoms with Crippen molar-refractivity contribution in [2.45, 2.75) is 38.1 Å². The van der Waals surface area contributed by atoms with Crippen molar-refractivity contribution < 1.29 is 4.79 Å². The topological polar surface area (TPSA) is 58.4 Å². The molecule has 0 aromatic carbocycles. The zero-order valence-electron chi connectivity index (χ0n) is 9.95. The van der Waals surface area contributed by atoms with Crippen molar-refractivity contribution in [1.82, 2.24) is 10.2 Å². The van der Waals surface area contributed by atoms with Crippen molar-refractivity contribution in [3.63, 3.8) is 0 Å². The van der Waals surface area contributed by atoms with Gasteiger partial charge in [0.05, 0.1) is 6.54 Å². The molecule has 0 aromatic rings. The van der Waals surface area contributed by atoms with E-state index in [2.05, 4.69) is 10.2 Å². The van der Waals surface area contributed by atoms with E-state index in [1.165, 1.54) is 32.1 Å². The minimum Gasteiger partial charge on any atom is -0.354 e. The van der Waals surface area contributed by atoms with E-state index in [1.54, 1.807) is 0 Å². The first-order valence-corrected chi connectivity index (χ1v) is 6.52. The molecule has 1 unspecified atom stereocenters. The molecule has 4 nitrogen and oxygen atoms in total. The highest BCUT2D eigenvalue weighted by Gasteiger charge is 2.30. The maximum atomic E-state index is 11.4. The van der Waals surface area contributed by atoms with Crippen LogP contribution in [0.3, 0.4) is 0 Å². The van der Waals surface area contributed by atoms with Crippen LogP contribution in [0, 0.1) is 5.92 Å². The number of nitrogens with two attached hydrogens (primary N) is 1. The van der Waals surface area contributed by atoms with E-state index in [4.69, 9.17) is 5.73 Å². The first-order chi connectivity index (χ1) is 7.81. The Bertz CT molecular complexity index is 238. The van der Waals surface area contributed by atoms with E-state index in [0.29, 0.717) is 25.0 Å². The molecule has 2 rings (SSSR count). The highest BCUT2D eigenvalue weighted by molar-refractivity contribution is 5.78. The third-order valence-electron chi connectivity index (χ3n) is 3.97. The van der Waals surface area contributed by atoms with Gasteiger partial charge >= 0.3 is 0 Å². The molecule has 4 heteroatoms. The Labute approximate surface area is 97.6 Å². The van der Waals surface area contributed by atoms with Gasteiger partial charge in [0.1, 0.15) is 0 Å². The second kappa shape index (κ2) is 5.64. The van der Waals surface area contributed by atoms with Crippen LogP contribution in [-0.4, -0.2) is 43.0 Å². The number of carbonyl (C=O) groups excluding carboxylic acids is 1. The summed E-state index contributed by atoms with van der Waals surface area (Å²) in [5.74, 6) is 0.866. The van der Waals surface area contributed by atoms with E-state index < -0.39 is 0 Å². The number of piperazine rings is 1. The monoisotopic (exact) mass is 225 g/mol. The van der Waals surface area contributed by atoms with Gasteiger partial charge < -0.3 is 11.1 Å². The lowest BCUT2D eigenvalue weighted by Crippen LogP contribution is -2.55. The summed E-state index contributed by atoms with van der Waals surface area (Å²) in [6.07, 6.45) is 6.62. The predicted octanol–water partition coefficient (Wildman–Crippen LogP) is 0.326. The second-order valence-corrected chi connectivity index (χ2v) is 5.02. The smallest absolute Gasteiger partial charge is 0.234 e. The number of nitrogens with zero attached hydrogens (tertiary/aromatic N) is 1. The minimum atomic E-state index is 0.153. The van der Waals surface area contributed by atoms with Gasteiger partial charge in [-0.15, -0.1) is 0 Å². The standard InChI is InChI=1S/C12H23N3O/c13-8-11(10-4-2-1-3-5-10)15-7-6-14-12(16)9-15/h10-11H,1-9,13H2,(H,14,16). The van der Waals surface area contributed by atoms with Crippen LogP contribution in [0.5, 0.6) is 0 Å². The fourth-order valence-electron chi connectivity index (χ4n) is 3.10. The van der Waals surface area contributed by atoms with Crippen LogP contribution < -0.4 is 11.1 Å². The van der Waals surface area contributed by atoms with Gasteiger partial charge in [-0.05, 0) is 18.8 Å². The Morgan fingerprint density at radius 1 is 1.38 bits per heavy atom. The van der Waals surface area contributed by atoms with Gasteiger partial charge in [-0.1, -0.05) is 19.3 Å². The SMILES string of the molecule is NCC(C1CCCCC1)N1CCNC(=O)C1. The van der Waals surface area contributed by atoms with Crippen LogP contribution in [0.25, 0.3) is 0 Å². The van der Waals surface area contributed by atoms with Crippen LogP contribution in [0.4, 0.5) is 0 Å². The molecular weight excluding hydrogens is 202 g/mol. The average Bonchev–Trinajstić information content (AvgIpc) is 2.31. The van der Waals surface area contributed by atoms with Crippen molar-refractivity contribution in [1.29, 1.82) is 0 Å². The summed E-state index contributed by atoms with van der Waals surface area (Å²) >= 11 is 0. The third-order valence-corrected chi connectivity index (χ3v) is 3.97. The molecule has 1 saturated heterocycles. The van der Waals surface area contributed by atoms with Crippen molar-refractivity contribution in [3.8, 4) is 0 Å². The molecule has 1 amide bonds. The molecule has 2 aliphatic rings. The first kappa shape index (κ1) is 11.9. The molecule has 0 aromatic heterocycles. The summed E-state index contributed by atoms with van der Waals surface area (Å²) in [5.41, 5.74) is 5.91. The van der Waals surface area contributed by atoms with E-state index in [9.17, 15) is 4.79 Å². The van der Waals surface area contributed by atoms with Gasteiger partial charge in [-0.25, -0.2) is 0 Å². The quantitative estimate of drug-likeness (QED) is 0.727. The summed E-state index contributed by atoms with van der Waals surface area (Å²) in [6.45, 7) is 2.97. The molecule has 3 N–H and O–H groups in total. The van der Waals surface area contributed by atoms with Crippen molar-refractivity contribution in [2.24, 2.45) is 11.7 Å². The van der Waals surface area contributed by atoms with Gasteiger partial charge in [0.15, 0.2) is 0 Å². The van der Waals surface area contributed by atoms with Crippen LogP contribution in [0.2, 0.25) is 0 Å². The Balaban J connectivity index is 1.94. The van der Waals surface area contributed by atoms with Crippen LogP contribution in [-0.2, 0) is 4.79 Å². The number of amides is 1. The summed E-state index contributed by atoms with van der Waals surface area (Å²) in [5, 5.41) is 2.87. The number of carbonyl (C=O) groups is 1. The molecule has 1 saturated carbocycles. The Morgan fingerprint density at radius 3 is 2.75 bits per heavy atom. The molecule has 1 atom stereocenters. The van der Waals surface area contributed by atoms with Crippen molar-refractivity contribution >= 4 is 5.91 Å². The maximum absolute atomic E-state index is 11.4. The lowest BCUT2D eigenvalue weighted by atomic mass is 9.83. The van der Waals surface area contributed by atoms with Crippen LogP contribution in [0.1, 0.15) is 32.1 Å². The van der Waals surface area contributed by atoms with E-state index in [-0.39, 0.29) is 5.91 Å². The van der Waals surface area contributed by atoms with Gasteiger partial charge in [-0.3, -0.25) is 9.69 Å². The highest BCUT2D eigenvalue weighted by atomic mass is 16.2. The zero-order valence-corrected chi connectivity index (χ0v) is 9.95.